The predicted molar refractivity (Wildman–Crippen MR) is 104 cm³/mol. The molecular weight excluding hydrogens is 324 g/mol. The van der Waals surface area contributed by atoms with Crippen LogP contribution in [-0.4, -0.2) is 48.2 Å². The molecule has 4 nitrogen and oxygen atoms in total. The number of aliphatic hydroxyl groups excluding tert-OH is 1. The maximum atomic E-state index is 12.1. The van der Waals surface area contributed by atoms with Crippen LogP contribution in [0.25, 0.3) is 0 Å². The highest BCUT2D eigenvalue weighted by atomic mass is 16.3. The van der Waals surface area contributed by atoms with Crippen molar-refractivity contribution in [2.45, 2.75) is 38.3 Å². The number of likely N-dealkylation sites (N-methyl/N-ethyl adjacent to an activating group) is 1. The number of aliphatic hydroxyl groups is 1. The van der Waals surface area contributed by atoms with Gasteiger partial charge in [0, 0.05) is 24.7 Å². The molecule has 0 bridgehead atoms. The smallest absolute Gasteiger partial charge is 0.251 e. The fourth-order valence-electron chi connectivity index (χ4n) is 3.62. The maximum absolute atomic E-state index is 12.1. The molecule has 0 aliphatic heterocycles. The molecule has 4 heteroatoms. The summed E-state index contributed by atoms with van der Waals surface area (Å²) in [5.41, 5.74) is 4.61. The normalized spacial score (nSPS) is 17.6. The fourth-order valence-corrected chi connectivity index (χ4v) is 3.62. The second-order valence-electron chi connectivity index (χ2n) is 7.33. The zero-order valence-electron chi connectivity index (χ0n) is 15.6. The van der Waals surface area contributed by atoms with E-state index in [0.717, 1.165) is 24.8 Å². The third-order valence-electron chi connectivity index (χ3n) is 5.25. The topological polar surface area (TPSA) is 52.6 Å². The molecule has 2 aromatic rings. The third-order valence-corrected chi connectivity index (χ3v) is 5.25. The minimum absolute atomic E-state index is 0.140. The van der Waals surface area contributed by atoms with Gasteiger partial charge in [0.25, 0.3) is 5.91 Å². The summed E-state index contributed by atoms with van der Waals surface area (Å²) in [5.74, 6) is -0.140. The molecule has 0 heterocycles. The summed E-state index contributed by atoms with van der Waals surface area (Å²) < 4.78 is 0. The second kappa shape index (κ2) is 8.47. The molecule has 1 aliphatic carbocycles. The van der Waals surface area contributed by atoms with Gasteiger partial charge in [0.1, 0.15) is 0 Å². The highest BCUT2D eigenvalue weighted by molar-refractivity contribution is 5.94. The van der Waals surface area contributed by atoms with Gasteiger partial charge in [-0.25, -0.2) is 0 Å². The van der Waals surface area contributed by atoms with Crippen molar-refractivity contribution in [2.75, 3.05) is 20.1 Å². The van der Waals surface area contributed by atoms with Crippen molar-refractivity contribution < 1.29 is 9.90 Å². The lowest BCUT2D eigenvalue weighted by Crippen LogP contribution is -2.44. The lowest BCUT2D eigenvalue weighted by atomic mass is 9.87. The molecule has 138 valence electrons. The number of aryl methyl sites for hydroxylation is 2. The minimum Gasteiger partial charge on any atom is -0.390 e. The van der Waals surface area contributed by atoms with Gasteiger partial charge in [-0.1, -0.05) is 42.0 Å². The van der Waals surface area contributed by atoms with Crippen molar-refractivity contribution in [1.82, 2.24) is 10.2 Å². The molecule has 2 unspecified atom stereocenters. The first-order valence-electron chi connectivity index (χ1n) is 9.33. The van der Waals surface area contributed by atoms with Crippen LogP contribution in [0.2, 0.25) is 0 Å². The summed E-state index contributed by atoms with van der Waals surface area (Å²) in [6, 6.07) is 16.5. The van der Waals surface area contributed by atoms with Gasteiger partial charge in [-0.15, -0.1) is 0 Å². The second-order valence-corrected chi connectivity index (χ2v) is 7.33. The van der Waals surface area contributed by atoms with Gasteiger partial charge in [0.15, 0.2) is 0 Å². The van der Waals surface area contributed by atoms with Gasteiger partial charge in [-0.3, -0.25) is 4.79 Å². The summed E-state index contributed by atoms with van der Waals surface area (Å²) in [5, 5.41) is 13.2. The van der Waals surface area contributed by atoms with Gasteiger partial charge in [-0.2, -0.15) is 0 Å². The van der Waals surface area contributed by atoms with Crippen molar-refractivity contribution in [3.63, 3.8) is 0 Å². The molecule has 0 saturated carbocycles. The van der Waals surface area contributed by atoms with Crippen molar-refractivity contribution >= 4 is 5.91 Å². The number of nitrogens with zero attached hydrogens (tertiary/aromatic N) is 1. The first kappa shape index (κ1) is 18.6. The van der Waals surface area contributed by atoms with Crippen LogP contribution in [-0.2, 0) is 12.8 Å². The molecule has 1 amide bonds. The Balaban J connectivity index is 1.46. The van der Waals surface area contributed by atoms with Crippen LogP contribution < -0.4 is 5.32 Å². The number of benzene rings is 2. The van der Waals surface area contributed by atoms with E-state index in [-0.39, 0.29) is 12.5 Å². The number of hydrogen-bond donors (Lipinski definition) is 2. The molecule has 2 N–H and O–H groups in total. The molecule has 0 radical (unpaired) electrons. The number of carbonyl (C=O) groups excluding carboxylic acids is 1. The van der Waals surface area contributed by atoms with Crippen LogP contribution in [0.3, 0.4) is 0 Å². The molecule has 3 rings (SSSR count). The predicted octanol–water partition coefficient (Wildman–Crippen LogP) is 2.58. The van der Waals surface area contributed by atoms with E-state index in [0.29, 0.717) is 18.2 Å². The Morgan fingerprint density at radius 2 is 1.88 bits per heavy atom. The average Bonchev–Trinajstić information content (AvgIpc) is 2.66. The largest absolute Gasteiger partial charge is 0.390 e. The van der Waals surface area contributed by atoms with Crippen LogP contribution in [0.4, 0.5) is 0 Å². The highest BCUT2D eigenvalue weighted by Crippen LogP contribution is 2.23. The first-order chi connectivity index (χ1) is 12.5. The Hall–Kier alpha value is -2.17. The third kappa shape index (κ3) is 4.71. The Labute approximate surface area is 155 Å². The van der Waals surface area contributed by atoms with Crippen LogP contribution in [0.1, 0.15) is 33.5 Å². The quantitative estimate of drug-likeness (QED) is 0.840. The summed E-state index contributed by atoms with van der Waals surface area (Å²) in [4.78, 5) is 14.4. The molecule has 0 fully saturated rings. The Morgan fingerprint density at radius 1 is 1.19 bits per heavy atom. The monoisotopic (exact) mass is 352 g/mol. The van der Waals surface area contributed by atoms with Crippen LogP contribution in [0, 0.1) is 6.92 Å². The number of carbonyl (C=O) groups is 1. The molecule has 0 aromatic heterocycles. The van der Waals surface area contributed by atoms with Gasteiger partial charge in [0.2, 0.25) is 0 Å². The van der Waals surface area contributed by atoms with Crippen molar-refractivity contribution in [2.24, 2.45) is 0 Å². The van der Waals surface area contributed by atoms with Gasteiger partial charge in [0.05, 0.1) is 6.10 Å². The van der Waals surface area contributed by atoms with E-state index in [1.807, 2.05) is 31.2 Å². The standard InChI is InChI=1S/C22H28N2O2/c1-16-7-9-18(10-8-16)22(26)23-14-21(25)15-24(2)20-12-11-17-5-3-4-6-19(17)13-20/h3-10,20-21,25H,11-15H2,1-2H3,(H,23,26). The molecule has 1 aliphatic rings. The average molecular weight is 352 g/mol. The van der Waals surface area contributed by atoms with E-state index in [9.17, 15) is 9.90 Å². The molecule has 26 heavy (non-hydrogen) atoms. The van der Waals surface area contributed by atoms with E-state index in [1.54, 1.807) is 0 Å². The lowest BCUT2D eigenvalue weighted by molar-refractivity contribution is 0.0824. The molecule has 2 atom stereocenters. The van der Waals surface area contributed by atoms with Crippen LogP contribution in [0.5, 0.6) is 0 Å². The number of fused-ring (bicyclic) bond motifs is 1. The van der Waals surface area contributed by atoms with Gasteiger partial charge < -0.3 is 15.3 Å². The highest BCUT2D eigenvalue weighted by Gasteiger charge is 2.23. The maximum Gasteiger partial charge on any atom is 0.251 e. The first-order valence-corrected chi connectivity index (χ1v) is 9.33. The van der Waals surface area contributed by atoms with Crippen molar-refractivity contribution in [3.8, 4) is 0 Å². The Morgan fingerprint density at radius 3 is 2.62 bits per heavy atom. The summed E-state index contributed by atoms with van der Waals surface area (Å²) in [6.45, 7) is 2.81. The Bertz CT molecular complexity index is 742. The summed E-state index contributed by atoms with van der Waals surface area (Å²) in [7, 11) is 2.06. The van der Waals surface area contributed by atoms with Crippen molar-refractivity contribution in [1.29, 1.82) is 0 Å². The summed E-state index contributed by atoms with van der Waals surface area (Å²) in [6.07, 6.45) is 2.64. The van der Waals surface area contributed by atoms with E-state index in [1.165, 1.54) is 11.1 Å². The zero-order valence-corrected chi connectivity index (χ0v) is 15.6. The minimum atomic E-state index is -0.577. The number of rotatable bonds is 6. The number of hydrogen-bond acceptors (Lipinski definition) is 3. The fraction of sp³-hybridized carbons (Fsp3) is 0.409. The van der Waals surface area contributed by atoms with Gasteiger partial charge >= 0.3 is 0 Å². The molecule has 2 aromatic carbocycles. The van der Waals surface area contributed by atoms with E-state index in [4.69, 9.17) is 0 Å². The van der Waals surface area contributed by atoms with Gasteiger partial charge in [-0.05, 0) is 56.5 Å². The van der Waals surface area contributed by atoms with E-state index in [2.05, 4.69) is 41.5 Å². The van der Waals surface area contributed by atoms with Crippen molar-refractivity contribution in [3.05, 3.63) is 70.8 Å². The SMILES string of the molecule is Cc1ccc(C(=O)NCC(O)CN(C)C2CCc3ccccc3C2)cc1. The molecular formula is C22H28N2O2. The zero-order chi connectivity index (χ0) is 18.5. The number of nitrogens with one attached hydrogen (secondary N) is 1. The Kier molecular flexibility index (Phi) is 6.07. The van der Waals surface area contributed by atoms with Crippen LogP contribution in [0.15, 0.2) is 48.5 Å². The molecule has 0 saturated heterocycles. The van der Waals surface area contributed by atoms with E-state index >= 15 is 0 Å². The number of amides is 1. The summed E-state index contributed by atoms with van der Waals surface area (Å²) >= 11 is 0. The molecule has 0 spiro atoms. The van der Waals surface area contributed by atoms with E-state index < -0.39 is 6.10 Å². The lowest BCUT2D eigenvalue weighted by Gasteiger charge is -2.33. The van der Waals surface area contributed by atoms with Crippen LogP contribution >= 0.6 is 0 Å².